The van der Waals surface area contributed by atoms with Gasteiger partial charge >= 0.3 is 5.97 Å². The lowest BCUT2D eigenvalue weighted by molar-refractivity contribution is 0.0591. The maximum atomic E-state index is 11.7. The molecule has 0 saturated carbocycles. The van der Waals surface area contributed by atoms with E-state index in [-0.39, 0.29) is 11.5 Å². The topological polar surface area (TPSA) is 56.3 Å². The maximum absolute atomic E-state index is 11.7. The molecule has 0 atom stereocenters. The van der Waals surface area contributed by atoms with Gasteiger partial charge in [-0.2, -0.15) is 0 Å². The van der Waals surface area contributed by atoms with Crippen LogP contribution < -0.4 is 0 Å². The summed E-state index contributed by atoms with van der Waals surface area (Å²) in [6.07, 6.45) is 0. The van der Waals surface area contributed by atoms with E-state index >= 15 is 0 Å². The molecule has 1 aromatic heterocycles. The number of esters is 1. The van der Waals surface area contributed by atoms with Crippen molar-refractivity contribution in [3.05, 3.63) is 39.9 Å². The third-order valence-electron chi connectivity index (χ3n) is 3.02. The molecule has 0 radical (unpaired) electrons. The van der Waals surface area contributed by atoms with Gasteiger partial charge in [0.2, 0.25) is 0 Å². The van der Waals surface area contributed by atoms with Gasteiger partial charge in [0.1, 0.15) is 9.88 Å². The molecule has 2 rings (SSSR count). The molecule has 0 aliphatic carbocycles. The van der Waals surface area contributed by atoms with Crippen molar-refractivity contribution in [1.29, 1.82) is 0 Å². The van der Waals surface area contributed by atoms with Crippen molar-refractivity contribution in [1.82, 2.24) is 4.98 Å². The number of carbonyl (C=O) groups excluding carboxylic acids is 2. The average molecular weight is 289 g/mol. The highest BCUT2D eigenvalue weighted by Crippen LogP contribution is 2.33. The van der Waals surface area contributed by atoms with E-state index in [2.05, 4.69) is 9.72 Å². The first-order valence-electron chi connectivity index (χ1n) is 6.12. The molecule has 0 amide bonds. The van der Waals surface area contributed by atoms with Crippen LogP contribution >= 0.6 is 11.3 Å². The Morgan fingerprint density at radius 1 is 1.20 bits per heavy atom. The standard InChI is InChI=1S/C15H15NO3S/c1-8-6-5-7-9(2)11(8)14-16-12(15(18)19-4)13(20-14)10(3)17/h5-7H,1-4H3. The van der Waals surface area contributed by atoms with Gasteiger partial charge in [0.25, 0.3) is 0 Å². The number of aryl methyl sites for hydroxylation is 2. The molecule has 4 nitrogen and oxygen atoms in total. The maximum Gasteiger partial charge on any atom is 0.358 e. The van der Waals surface area contributed by atoms with Crippen LogP contribution in [0.5, 0.6) is 0 Å². The van der Waals surface area contributed by atoms with Gasteiger partial charge < -0.3 is 4.74 Å². The highest BCUT2D eigenvalue weighted by molar-refractivity contribution is 7.17. The molecule has 0 aliphatic heterocycles. The second-order valence-electron chi connectivity index (χ2n) is 4.51. The van der Waals surface area contributed by atoms with Crippen molar-refractivity contribution in [2.45, 2.75) is 20.8 Å². The Labute approximate surface area is 121 Å². The van der Waals surface area contributed by atoms with E-state index in [0.717, 1.165) is 16.7 Å². The number of hydrogen-bond acceptors (Lipinski definition) is 5. The molecule has 0 aliphatic rings. The Balaban J connectivity index is 2.65. The smallest absolute Gasteiger partial charge is 0.358 e. The summed E-state index contributed by atoms with van der Waals surface area (Å²) in [4.78, 5) is 28.0. The van der Waals surface area contributed by atoms with Crippen LogP contribution in [0.4, 0.5) is 0 Å². The van der Waals surface area contributed by atoms with Crippen molar-refractivity contribution in [3.8, 4) is 10.6 Å². The van der Waals surface area contributed by atoms with E-state index in [9.17, 15) is 9.59 Å². The number of rotatable bonds is 3. The number of methoxy groups -OCH3 is 1. The van der Waals surface area contributed by atoms with Crippen molar-refractivity contribution in [3.63, 3.8) is 0 Å². The fraction of sp³-hybridized carbons (Fsp3) is 0.267. The molecule has 1 heterocycles. The van der Waals surface area contributed by atoms with Crippen LogP contribution in [0.3, 0.4) is 0 Å². The van der Waals surface area contributed by atoms with E-state index in [0.29, 0.717) is 9.88 Å². The number of Topliss-reactive ketones (excluding diaryl/α,β-unsaturated/α-hetero) is 1. The number of benzene rings is 1. The second-order valence-corrected chi connectivity index (χ2v) is 5.51. The molecule has 0 N–H and O–H groups in total. The van der Waals surface area contributed by atoms with Gasteiger partial charge in [-0.05, 0) is 25.0 Å². The lowest BCUT2D eigenvalue weighted by atomic mass is 10.0. The molecule has 0 spiro atoms. The SMILES string of the molecule is COC(=O)c1nc(-c2c(C)cccc2C)sc1C(C)=O. The molecule has 1 aromatic carbocycles. The zero-order valence-corrected chi connectivity index (χ0v) is 12.6. The van der Waals surface area contributed by atoms with Crippen LogP contribution in [0, 0.1) is 13.8 Å². The first kappa shape index (κ1) is 14.4. The molecule has 5 heteroatoms. The molecular weight excluding hydrogens is 274 g/mol. The van der Waals surface area contributed by atoms with E-state index in [4.69, 9.17) is 0 Å². The lowest BCUT2D eigenvalue weighted by Gasteiger charge is -2.05. The van der Waals surface area contributed by atoms with Gasteiger partial charge in [-0.1, -0.05) is 18.2 Å². The van der Waals surface area contributed by atoms with Crippen molar-refractivity contribution in [2.75, 3.05) is 7.11 Å². The molecule has 0 unspecified atom stereocenters. The minimum Gasteiger partial charge on any atom is -0.464 e. The van der Waals surface area contributed by atoms with Gasteiger partial charge in [0, 0.05) is 12.5 Å². The predicted molar refractivity (Wildman–Crippen MR) is 78.4 cm³/mol. The predicted octanol–water partition coefficient (Wildman–Crippen LogP) is 3.42. The summed E-state index contributed by atoms with van der Waals surface area (Å²) >= 11 is 1.23. The van der Waals surface area contributed by atoms with Crippen LogP contribution in [-0.2, 0) is 4.74 Å². The number of nitrogens with zero attached hydrogens (tertiary/aromatic N) is 1. The second kappa shape index (κ2) is 5.54. The van der Waals surface area contributed by atoms with Crippen LogP contribution in [0.2, 0.25) is 0 Å². The Kier molecular flexibility index (Phi) is 3.99. The summed E-state index contributed by atoms with van der Waals surface area (Å²) < 4.78 is 4.69. The van der Waals surface area contributed by atoms with Crippen LogP contribution in [0.25, 0.3) is 10.6 Å². The number of carbonyl (C=O) groups is 2. The number of thiazole rings is 1. The highest BCUT2D eigenvalue weighted by Gasteiger charge is 2.23. The highest BCUT2D eigenvalue weighted by atomic mass is 32.1. The summed E-state index contributed by atoms with van der Waals surface area (Å²) in [7, 11) is 1.28. The normalized spacial score (nSPS) is 10.4. The van der Waals surface area contributed by atoms with Crippen LogP contribution in [0.15, 0.2) is 18.2 Å². The van der Waals surface area contributed by atoms with Gasteiger partial charge in [-0.3, -0.25) is 4.79 Å². The average Bonchev–Trinajstić information content (AvgIpc) is 2.82. The fourth-order valence-electron chi connectivity index (χ4n) is 2.05. The zero-order valence-electron chi connectivity index (χ0n) is 11.8. The molecule has 0 bridgehead atoms. The Morgan fingerprint density at radius 2 is 1.80 bits per heavy atom. The number of ether oxygens (including phenoxy) is 1. The zero-order chi connectivity index (χ0) is 14.9. The lowest BCUT2D eigenvalue weighted by Crippen LogP contribution is -2.06. The largest absolute Gasteiger partial charge is 0.464 e. The third kappa shape index (κ3) is 2.49. The minimum absolute atomic E-state index is 0.0997. The van der Waals surface area contributed by atoms with E-state index < -0.39 is 5.97 Å². The third-order valence-corrected chi connectivity index (χ3v) is 4.19. The monoisotopic (exact) mass is 289 g/mol. The van der Waals surface area contributed by atoms with E-state index in [1.54, 1.807) is 0 Å². The van der Waals surface area contributed by atoms with Crippen LogP contribution in [0.1, 0.15) is 38.2 Å². The van der Waals surface area contributed by atoms with Gasteiger partial charge in [0.15, 0.2) is 11.5 Å². The van der Waals surface area contributed by atoms with Gasteiger partial charge in [-0.15, -0.1) is 11.3 Å². The summed E-state index contributed by atoms with van der Waals surface area (Å²) in [5.41, 5.74) is 3.19. The first-order chi connectivity index (χ1) is 9.45. The van der Waals surface area contributed by atoms with E-state index in [1.165, 1.54) is 25.4 Å². The Morgan fingerprint density at radius 3 is 2.30 bits per heavy atom. The number of ketones is 1. The summed E-state index contributed by atoms with van der Waals surface area (Å²) in [5.74, 6) is -0.760. The summed E-state index contributed by atoms with van der Waals surface area (Å²) in [5, 5.41) is 0.672. The molecule has 2 aromatic rings. The van der Waals surface area contributed by atoms with Crippen LogP contribution in [-0.4, -0.2) is 23.8 Å². The van der Waals surface area contributed by atoms with Crippen molar-refractivity contribution >= 4 is 23.1 Å². The minimum atomic E-state index is -0.580. The first-order valence-corrected chi connectivity index (χ1v) is 6.94. The fourth-order valence-corrected chi connectivity index (χ4v) is 3.18. The van der Waals surface area contributed by atoms with Crippen molar-refractivity contribution in [2.24, 2.45) is 0 Å². The van der Waals surface area contributed by atoms with E-state index in [1.807, 2.05) is 32.0 Å². The Bertz CT molecular complexity index is 668. The van der Waals surface area contributed by atoms with Gasteiger partial charge in [0.05, 0.1) is 7.11 Å². The molecule has 0 saturated heterocycles. The number of hydrogen-bond donors (Lipinski definition) is 0. The molecule has 0 fully saturated rings. The van der Waals surface area contributed by atoms with Crippen molar-refractivity contribution < 1.29 is 14.3 Å². The summed E-state index contributed by atoms with van der Waals surface area (Å²) in [6, 6.07) is 5.93. The number of aromatic nitrogens is 1. The molecule has 104 valence electrons. The van der Waals surface area contributed by atoms with Gasteiger partial charge in [-0.25, -0.2) is 9.78 Å². The molecule has 20 heavy (non-hydrogen) atoms. The summed E-state index contributed by atoms with van der Waals surface area (Å²) in [6.45, 7) is 5.39. The quantitative estimate of drug-likeness (QED) is 0.641. The molecular formula is C15H15NO3S. The Hall–Kier alpha value is -2.01.